The van der Waals surface area contributed by atoms with E-state index in [9.17, 15) is 0 Å². The molecule has 0 heterocycles. The lowest BCUT2D eigenvalue weighted by Crippen LogP contribution is -1.88. The summed E-state index contributed by atoms with van der Waals surface area (Å²) in [4.78, 5) is 0. The summed E-state index contributed by atoms with van der Waals surface area (Å²) in [5.41, 5.74) is 10.3. The van der Waals surface area contributed by atoms with Gasteiger partial charge in [-0.3, -0.25) is 0 Å². The Morgan fingerprint density at radius 3 is 1.12 bits per heavy atom. The van der Waals surface area contributed by atoms with Crippen LogP contribution in [0.2, 0.25) is 0 Å². The molecule has 4 rings (SSSR count). The van der Waals surface area contributed by atoms with E-state index in [1.54, 1.807) is 0 Å². The molecule has 4 aromatic rings. The van der Waals surface area contributed by atoms with Gasteiger partial charge in [-0.15, -0.1) is 0 Å². The van der Waals surface area contributed by atoms with Gasteiger partial charge in [-0.05, 0) is 58.4 Å². The van der Waals surface area contributed by atoms with Crippen molar-refractivity contribution in [2.75, 3.05) is 0 Å². The highest BCUT2D eigenvalue weighted by atomic mass is 14.1. The Hall–Kier alpha value is -3.12. The van der Waals surface area contributed by atoms with Crippen LogP contribution in [0, 0.1) is 13.8 Å². The molecule has 126 valence electrons. The maximum absolute atomic E-state index is 2.29. The van der Waals surface area contributed by atoms with Gasteiger partial charge in [0.05, 0.1) is 0 Å². The molecular formula is C26H22. The van der Waals surface area contributed by atoms with E-state index in [-0.39, 0.29) is 0 Å². The summed E-state index contributed by atoms with van der Waals surface area (Å²) in [6.07, 6.45) is 0. The van der Waals surface area contributed by atoms with Gasteiger partial charge in [-0.25, -0.2) is 0 Å². The molecule has 0 spiro atoms. The molecule has 0 unspecified atom stereocenters. The molecule has 4 aromatic carbocycles. The maximum Gasteiger partial charge on any atom is -0.0154 e. The number of hydrogen-bond acceptors (Lipinski definition) is 0. The van der Waals surface area contributed by atoms with Crippen molar-refractivity contribution < 1.29 is 0 Å². The van der Waals surface area contributed by atoms with Crippen molar-refractivity contribution in [2.24, 2.45) is 0 Å². The van der Waals surface area contributed by atoms with E-state index in [0.717, 1.165) is 0 Å². The quantitative estimate of drug-likeness (QED) is 0.368. The SMILES string of the molecule is Cc1cc(-c2ccc(-c3ccccc3)c(C)c2)ccc1-c1ccccc1. The van der Waals surface area contributed by atoms with Crippen LogP contribution in [0.1, 0.15) is 11.1 Å². The van der Waals surface area contributed by atoms with Crippen LogP contribution in [0.4, 0.5) is 0 Å². The van der Waals surface area contributed by atoms with Crippen LogP contribution in [0.15, 0.2) is 97.1 Å². The molecular weight excluding hydrogens is 312 g/mol. The maximum atomic E-state index is 2.29. The van der Waals surface area contributed by atoms with Gasteiger partial charge in [0, 0.05) is 0 Å². The average Bonchev–Trinajstić information content (AvgIpc) is 2.69. The first-order chi connectivity index (χ1) is 12.7. The van der Waals surface area contributed by atoms with Gasteiger partial charge in [0.15, 0.2) is 0 Å². The number of benzene rings is 4. The van der Waals surface area contributed by atoms with Crippen LogP contribution in [-0.2, 0) is 0 Å². The number of hydrogen-bond donors (Lipinski definition) is 0. The van der Waals surface area contributed by atoms with Crippen molar-refractivity contribution in [2.45, 2.75) is 13.8 Å². The Bertz CT molecular complexity index is 941. The Balaban J connectivity index is 1.70. The molecule has 0 radical (unpaired) electrons. The smallest absolute Gasteiger partial charge is 0.0154 e. The van der Waals surface area contributed by atoms with E-state index in [1.165, 1.54) is 44.5 Å². The molecule has 0 nitrogen and oxygen atoms in total. The van der Waals surface area contributed by atoms with E-state index < -0.39 is 0 Å². The fourth-order valence-electron chi connectivity index (χ4n) is 3.57. The predicted octanol–water partition coefficient (Wildman–Crippen LogP) is 7.30. The third-order valence-corrected chi connectivity index (χ3v) is 4.96. The fourth-order valence-corrected chi connectivity index (χ4v) is 3.57. The second-order valence-corrected chi connectivity index (χ2v) is 6.79. The molecule has 0 aliphatic carbocycles. The predicted molar refractivity (Wildman–Crippen MR) is 112 cm³/mol. The lowest BCUT2D eigenvalue weighted by Gasteiger charge is -2.12. The normalized spacial score (nSPS) is 10.7. The third kappa shape index (κ3) is 3.19. The summed E-state index contributed by atoms with van der Waals surface area (Å²) in [7, 11) is 0. The molecule has 0 aromatic heterocycles. The van der Waals surface area contributed by atoms with Gasteiger partial charge in [0.1, 0.15) is 0 Å². The van der Waals surface area contributed by atoms with Crippen molar-refractivity contribution >= 4 is 0 Å². The summed E-state index contributed by atoms with van der Waals surface area (Å²) in [6.45, 7) is 4.38. The molecule has 0 aliphatic rings. The minimum atomic E-state index is 1.27. The topological polar surface area (TPSA) is 0 Å². The lowest BCUT2D eigenvalue weighted by molar-refractivity contribution is 1.43. The summed E-state index contributed by atoms with van der Waals surface area (Å²) in [6, 6.07) is 34.7. The first-order valence-electron chi connectivity index (χ1n) is 9.05. The van der Waals surface area contributed by atoms with E-state index in [2.05, 4.69) is 111 Å². The molecule has 0 aliphatic heterocycles. The van der Waals surface area contributed by atoms with E-state index in [0.29, 0.717) is 0 Å². The zero-order valence-corrected chi connectivity index (χ0v) is 15.2. The Morgan fingerprint density at radius 2 is 0.769 bits per heavy atom. The average molecular weight is 334 g/mol. The van der Waals surface area contributed by atoms with Crippen molar-refractivity contribution in [3.63, 3.8) is 0 Å². The summed E-state index contributed by atoms with van der Waals surface area (Å²) in [5.74, 6) is 0. The number of rotatable bonds is 3. The fraction of sp³-hybridized carbons (Fsp3) is 0.0769. The van der Waals surface area contributed by atoms with Crippen molar-refractivity contribution in [1.29, 1.82) is 0 Å². The molecule has 0 saturated carbocycles. The highest BCUT2D eigenvalue weighted by Crippen LogP contribution is 2.31. The van der Waals surface area contributed by atoms with Gasteiger partial charge in [-0.1, -0.05) is 97.1 Å². The molecule has 0 heteroatoms. The van der Waals surface area contributed by atoms with Crippen molar-refractivity contribution in [3.8, 4) is 33.4 Å². The molecule has 0 amide bonds. The largest absolute Gasteiger partial charge is 0.0622 e. The van der Waals surface area contributed by atoms with Crippen molar-refractivity contribution in [3.05, 3.63) is 108 Å². The summed E-state index contributed by atoms with van der Waals surface area (Å²) >= 11 is 0. The summed E-state index contributed by atoms with van der Waals surface area (Å²) in [5, 5.41) is 0. The second kappa shape index (κ2) is 7.01. The van der Waals surface area contributed by atoms with Gasteiger partial charge >= 0.3 is 0 Å². The standard InChI is InChI=1S/C26H22/c1-19-17-23(13-15-25(19)21-9-5-3-6-10-21)24-14-16-26(20(2)18-24)22-11-7-4-8-12-22/h3-18H,1-2H3. The Labute approximate surface area is 155 Å². The Morgan fingerprint density at radius 1 is 0.385 bits per heavy atom. The van der Waals surface area contributed by atoms with Crippen LogP contribution in [0.25, 0.3) is 33.4 Å². The lowest BCUT2D eigenvalue weighted by atomic mass is 9.93. The summed E-state index contributed by atoms with van der Waals surface area (Å²) < 4.78 is 0. The van der Waals surface area contributed by atoms with Crippen LogP contribution in [-0.4, -0.2) is 0 Å². The minimum absolute atomic E-state index is 1.27. The molecule has 0 N–H and O–H groups in total. The second-order valence-electron chi connectivity index (χ2n) is 6.79. The van der Waals surface area contributed by atoms with E-state index in [1.807, 2.05) is 0 Å². The third-order valence-electron chi connectivity index (χ3n) is 4.96. The van der Waals surface area contributed by atoms with Crippen LogP contribution in [0.3, 0.4) is 0 Å². The van der Waals surface area contributed by atoms with Gasteiger partial charge in [-0.2, -0.15) is 0 Å². The van der Waals surface area contributed by atoms with Crippen LogP contribution in [0.5, 0.6) is 0 Å². The molecule has 26 heavy (non-hydrogen) atoms. The first kappa shape index (κ1) is 16.4. The monoisotopic (exact) mass is 334 g/mol. The van der Waals surface area contributed by atoms with E-state index >= 15 is 0 Å². The highest BCUT2D eigenvalue weighted by Gasteiger charge is 2.07. The first-order valence-corrected chi connectivity index (χ1v) is 9.05. The molecule has 0 bridgehead atoms. The zero-order valence-electron chi connectivity index (χ0n) is 15.2. The molecule has 0 atom stereocenters. The zero-order chi connectivity index (χ0) is 17.9. The highest BCUT2D eigenvalue weighted by molar-refractivity contribution is 5.76. The van der Waals surface area contributed by atoms with E-state index in [4.69, 9.17) is 0 Å². The van der Waals surface area contributed by atoms with Gasteiger partial charge in [0.2, 0.25) is 0 Å². The van der Waals surface area contributed by atoms with Crippen LogP contribution < -0.4 is 0 Å². The van der Waals surface area contributed by atoms with Crippen LogP contribution >= 0.6 is 0 Å². The minimum Gasteiger partial charge on any atom is -0.0622 e. The van der Waals surface area contributed by atoms with Gasteiger partial charge in [0.25, 0.3) is 0 Å². The Kier molecular flexibility index (Phi) is 4.41. The van der Waals surface area contributed by atoms with Crippen molar-refractivity contribution in [1.82, 2.24) is 0 Å². The van der Waals surface area contributed by atoms with Gasteiger partial charge < -0.3 is 0 Å². The number of aryl methyl sites for hydroxylation is 2. The molecule has 0 fully saturated rings. The molecule has 0 saturated heterocycles.